The maximum absolute atomic E-state index is 6.33. The smallest absolute Gasteiger partial charge is 0.0735 e. The van der Waals surface area contributed by atoms with Gasteiger partial charge < -0.3 is 14.5 Å². The number of rotatable bonds is 3. The standard InChI is InChI=1S/C21H24N2OS/c1-22-17-4-2-3-5-20(17)25-21-12-15(6-7-18(21)22)14-24-19-13-23-10-8-16(19)9-11-23/h2-7,12,16,19H,8-11,13-14H2,1H3/t19-/m0/s1. The van der Waals surface area contributed by atoms with Crippen molar-refractivity contribution in [3.8, 4) is 0 Å². The molecule has 130 valence electrons. The van der Waals surface area contributed by atoms with E-state index in [4.69, 9.17) is 4.74 Å². The molecule has 3 fully saturated rings. The normalized spacial score (nSPS) is 27.1. The van der Waals surface area contributed by atoms with Crippen molar-refractivity contribution in [3.63, 3.8) is 0 Å². The van der Waals surface area contributed by atoms with Gasteiger partial charge in [0.05, 0.1) is 24.1 Å². The van der Waals surface area contributed by atoms with Crippen LogP contribution in [-0.4, -0.2) is 37.7 Å². The average Bonchev–Trinajstić information content (AvgIpc) is 2.67. The highest BCUT2D eigenvalue weighted by atomic mass is 32.2. The molecule has 0 spiro atoms. The second kappa shape index (κ2) is 6.35. The van der Waals surface area contributed by atoms with E-state index in [0.29, 0.717) is 6.10 Å². The van der Waals surface area contributed by atoms with E-state index < -0.39 is 0 Å². The zero-order valence-electron chi connectivity index (χ0n) is 14.6. The number of hydrogen-bond acceptors (Lipinski definition) is 4. The quantitative estimate of drug-likeness (QED) is 0.806. The van der Waals surface area contributed by atoms with Gasteiger partial charge in [-0.05, 0) is 61.7 Å². The van der Waals surface area contributed by atoms with Gasteiger partial charge in [-0.2, -0.15) is 0 Å². The Kier molecular flexibility index (Phi) is 4.00. The molecule has 4 aliphatic heterocycles. The number of ether oxygens (including phenoxy) is 1. The van der Waals surface area contributed by atoms with Crippen LogP contribution >= 0.6 is 11.8 Å². The van der Waals surface area contributed by atoms with Gasteiger partial charge in [-0.15, -0.1) is 0 Å². The molecule has 2 bridgehead atoms. The van der Waals surface area contributed by atoms with Crippen molar-refractivity contribution in [2.45, 2.75) is 35.3 Å². The highest BCUT2D eigenvalue weighted by Crippen LogP contribution is 2.47. The summed E-state index contributed by atoms with van der Waals surface area (Å²) in [6.07, 6.45) is 3.05. The highest BCUT2D eigenvalue weighted by Gasteiger charge is 2.34. The van der Waals surface area contributed by atoms with E-state index >= 15 is 0 Å². The number of hydrogen-bond donors (Lipinski definition) is 0. The molecule has 1 atom stereocenters. The Morgan fingerprint density at radius 1 is 1.04 bits per heavy atom. The number of benzene rings is 2. The SMILES string of the molecule is CN1c2ccccc2Sc2cc(CO[C@H]3CN4CCC3CC4)ccc21. The number of piperidine rings is 3. The third-order valence-corrected chi connectivity index (χ3v) is 7.00. The van der Waals surface area contributed by atoms with Gasteiger partial charge in [-0.25, -0.2) is 0 Å². The van der Waals surface area contributed by atoms with E-state index in [1.54, 1.807) is 0 Å². The molecule has 0 saturated carbocycles. The third kappa shape index (κ3) is 2.86. The maximum Gasteiger partial charge on any atom is 0.0735 e. The second-order valence-corrected chi connectivity index (χ2v) is 8.50. The first-order chi connectivity index (χ1) is 12.3. The summed E-state index contributed by atoms with van der Waals surface area (Å²) in [5, 5.41) is 0. The summed E-state index contributed by atoms with van der Waals surface area (Å²) in [6, 6.07) is 15.4. The molecular weight excluding hydrogens is 328 g/mol. The zero-order chi connectivity index (χ0) is 16.8. The van der Waals surface area contributed by atoms with Gasteiger partial charge in [0.25, 0.3) is 0 Å². The molecule has 0 unspecified atom stereocenters. The van der Waals surface area contributed by atoms with Gasteiger partial charge in [0, 0.05) is 23.4 Å². The Morgan fingerprint density at radius 3 is 2.64 bits per heavy atom. The summed E-state index contributed by atoms with van der Waals surface area (Å²) < 4.78 is 6.33. The van der Waals surface area contributed by atoms with Crippen molar-refractivity contribution in [2.75, 3.05) is 31.6 Å². The van der Waals surface area contributed by atoms with E-state index in [1.165, 1.54) is 52.7 Å². The fourth-order valence-corrected chi connectivity index (χ4v) is 5.59. The molecule has 0 amide bonds. The van der Waals surface area contributed by atoms with Gasteiger partial charge in [0.2, 0.25) is 0 Å². The molecule has 4 heterocycles. The van der Waals surface area contributed by atoms with Crippen molar-refractivity contribution in [1.29, 1.82) is 0 Å². The van der Waals surface area contributed by atoms with E-state index in [-0.39, 0.29) is 0 Å². The van der Waals surface area contributed by atoms with E-state index in [1.807, 2.05) is 11.8 Å². The van der Waals surface area contributed by atoms with Gasteiger partial charge in [-0.3, -0.25) is 0 Å². The van der Waals surface area contributed by atoms with E-state index in [9.17, 15) is 0 Å². The topological polar surface area (TPSA) is 15.7 Å². The minimum atomic E-state index is 0.426. The van der Waals surface area contributed by atoms with Gasteiger partial charge in [0.15, 0.2) is 0 Å². The second-order valence-electron chi connectivity index (χ2n) is 7.42. The lowest BCUT2D eigenvalue weighted by Crippen LogP contribution is -2.51. The first kappa shape index (κ1) is 15.7. The summed E-state index contributed by atoms with van der Waals surface area (Å²) >= 11 is 1.87. The number of fused-ring (bicyclic) bond motifs is 5. The van der Waals surface area contributed by atoms with Gasteiger partial charge >= 0.3 is 0 Å². The van der Waals surface area contributed by atoms with Crippen LogP contribution in [0.3, 0.4) is 0 Å². The first-order valence-electron chi connectivity index (χ1n) is 9.25. The summed E-state index contributed by atoms with van der Waals surface area (Å²) in [4.78, 5) is 7.50. The fourth-order valence-electron chi connectivity index (χ4n) is 4.38. The Balaban J connectivity index is 1.32. The summed E-state index contributed by atoms with van der Waals surface area (Å²) in [6.45, 7) is 4.40. The minimum Gasteiger partial charge on any atom is -0.372 e. The van der Waals surface area contributed by atoms with Crippen LogP contribution in [0.1, 0.15) is 18.4 Å². The first-order valence-corrected chi connectivity index (χ1v) is 10.1. The molecule has 0 aromatic heterocycles. The molecule has 3 saturated heterocycles. The minimum absolute atomic E-state index is 0.426. The molecular formula is C21H24N2OS. The van der Waals surface area contributed by atoms with Crippen molar-refractivity contribution in [3.05, 3.63) is 48.0 Å². The molecule has 4 aliphatic rings. The van der Waals surface area contributed by atoms with Crippen LogP contribution in [0.2, 0.25) is 0 Å². The largest absolute Gasteiger partial charge is 0.372 e. The van der Waals surface area contributed by atoms with Crippen molar-refractivity contribution in [1.82, 2.24) is 4.90 Å². The number of nitrogens with zero attached hydrogens (tertiary/aromatic N) is 2. The van der Waals surface area contributed by atoms with Crippen LogP contribution in [-0.2, 0) is 11.3 Å². The molecule has 25 heavy (non-hydrogen) atoms. The molecule has 2 aromatic rings. The molecule has 2 aromatic carbocycles. The Labute approximate surface area is 154 Å². The van der Waals surface area contributed by atoms with E-state index in [0.717, 1.165) is 19.1 Å². The molecule has 6 rings (SSSR count). The van der Waals surface area contributed by atoms with Gasteiger partial charge in [-0.1, -0.05) is 30.0 Å². The Bertz CT molecular complexity index is 785. The molecule has 3 nitrogen and oxygen atoms in total. The maximum atomic E-state index is 6.33. The Morgan fingerprint density at radius 2 is 1.84 bits per heavy atom. The Hall–Kier alpha value is -1.49. The summed E-state index contributed by atoms with van der Waals surface area (Å²) in [5.41, 5.74) is 3.86. The predicted octanol–water partition coefficient (Wildman–Crippen LogP) is 4.53. The monoisotopic (exact) mass is 352 g/mol. The van der Waals surface area contributed by atoms with Crippen LogP contribution in [0.5, 0.6) is 0 Å². The molecule has 0 N–H and O–H groups in total. The molecule has 4 heteroatoms. The summed E-state index contributed by atoms with van der Waals surface area (Å²) in [5.74, 6) is 0.773. The van der Waals surface area contributed by atoms with Crippen LogP contribution in [0.15, 0.2) is 52.3 Å². The van der Waals surface area contributed by atoms with Crippen LogP contribution in [0.25, 0.3) is 0 Å². The predicted molar refractivity (Wildman–Crippen MR) is 103 cm³/mol. The zero-order valence-corrected chi connectivity index (χ0v) is 15.5. The van der Waals surface area contributed by atoms with Crippen molar-refractivity contribution in [2.24, 2.45) is 5.92 Å². The molecule has 0 aliphatic carbocycles. The van der Waals surface area contributed by atoms with Crippen molar-refractivity contribution < 1.29 is 4.74 Å². The van der Waals surface area contributed by atoms with Crippen LogP contribution in [0.4, 0.5) is 11.4 Å². The highest BCUT2D eigenvalue weighted by molar-refractivity contribution is 7.99. The fraction of sp³-hybridized carbons (Fsp3) is 0.429. The lowest BCUT2D eigenvalue weighted by molar-refractivity contribution is -0.0766. The average molecular weight is 353 g/mol. The van der Waals surface area contributed by atoms with Crippen LogP contribution < -0.4 is 4.90 Å². The third-order valence-electron chi connectivity index (χ3n) is 5.89. The number of anilines is 2. The lowest BCUT2D eigenvalue weighted by Gasteiger charge is -2.44. The lowest BCUT2D eigenvalue weighted by atomic mass is 9.86. The van der Waals surface area contributed by atoms with Gasteiger partial charge in [0.1, 0.15) is 0 Å². The van der Waals surface area contributed by atoms with E-state index in [2.05, 4.69) is 59.3 Å². The summed E-state index contributed by atoms with van der Waals surface area (Å²) in [7, 11) is 2.15. The number of para-hydroxylation sites is 1. The van der Waals surface area contributed by atoms with Crippen LogP contribution in [0, 0.1) is 5.92 Å². The van der Waals surface area contributed by atoms with Crippen molar-refractivity contribution >= 4 is 23.1 Å². The molecule has 0 radical (unpaired) electrons.